The van der Waals surface area contributed by atoms with Crippen molar-refractivity contribution in [2.24, 2.45) is 11.8 Å². The van der Waals surface area contributed by atoms with E-state index in [9.17, 15) is 5.11 Å². The topological polar surface area (TPSA) is 41.5 Å². The van der Waals surface area contributed by atoms with E-state index in [1.165, 1.54) is 51.4 Å². The summed E-state index contributed by atoms with van der Waals surface area (Å²) in [5.41, 5.74) is 0. The lowest BCUT2D eigenvalue weighted by Gasteiger charge is -2.31. The Morgan fingerprint density at radius 1 is 1.20 bits per heavy atom. The first kappa shape index (κ1) is 16.3. The summed E-state index contributed by atoms with van der Waals surface area (Å²) in [4.78, 5) is 0. The lowest BCUT2D eigenvalue weighted by atomic mass is 9.85. The van der Waals surface area contributed by atoms with Crippen LogP contribution >= 0.6 is 0 Å². The Balaban J connectivity index is 1.60. The van der Waals surface area contributed by atoms with Gasteiger partial charge in [0, 0.05) is 12.6 Å². The Labute approximate surface area is 124 Å². The second-order valence-electron chi connectivity index (χ2n) is 7.00. The van der Waals surface area contributed by atoms with E-state index in [1.54, 1.807) is 0 Å². The Morgan fingerprint density at radius 2 is 2.00 bits per heavy atom. The minimum atomic E-state index is -0.356. The lowest BCUT2D eigenvalue weighted by Crippen LogP contribution is -2.38. The maximum absolute atomic E-state index is 10.1. The monoisotopic (exact) mass is 283 g/mol. The zero-order chi connectivity index (χ0) is 14.4. The molecule has 2 saturated carbocycles. The molecule has 2 aliphatic rings. The summed E-state index contributed by atoms with van der Waals surface area (Å²) in [6.45, 7) is 5.75. The maximum Gasteiger partial charge on any atom is 0.0897 e. The lowest BCUT2D eigenvalue weighted by molar-refractivity contribution is -0.0503. The van der Waals surface area contributed by atoms with Gasteiger partial charge in [0.25, 0.3) is 0 Å². The predicted octanol–water partition coefficient (Wildman–Crippen LogP) is 3.11. The molecular weight excluding hydrogens is 250 g/mol. The first-order valence-corrected chi connectivity index (χ1v) is 8.72. The predicted molar refractivity (Wildman–Crippen MR) is 82.8 cm³/mol. The van der Waals surface area contributed by atoms with Gasteiger partial charge in [0.1, 0.15) is 0 Å². The van der Waals surface area contributed by atoms with Gasteiger partial charge in [-0.25, -0.2) is 0 Å². The standard InChI is InChI=1S/C17H33NO2/c1-3-14-6-4-5-7-17(14)20-12-16(19)11-18-15-9-8-13(2)10-15/h13-19H,3-12H2,1-2H3. The number of nitrogens with one attached hydrogen (secondary N) is 1. The molecule has 0 amide bonds. The van der Waals surface area contributed by atoms with Gasteiger partial charge in [-0.05, 0) is 43.9 Å². The highest BCUT2D eigenvalue weighted by Crippen LogP contribution is 2.29. The molecule has 0 aromatic heterocycles. The van der Waals surface area contributed by atoms with Gasteiger partial charge in [0.05, 0.1) is 18.8 Å². The molecule has 0 radical (unpaired) electrons. The molecule has 0 aliphatic heterocycles. The van der Waals surface area contributed by atoms with Crippen molar-refractivity contribution in [3.05, 3.63) is 0 Å². The van der Waals surface area contributed by atoms with Crippen LogP contribution in [0.2, 0.25) is 0 Å². The summed E-state index contributed by atoms with van der Waals surface area (Å²) in [7, 11) is 0. The van der Waals surface area contributed by atoms with Crippen LogP contribution in [0.4, 0.5) is 0 Å². The van der Waals surface area contributed by atoms with Crippen LogP contribution in [0.1, 0.15) is 65.2 Å². The van der Waals surface area contributed by atoms with Gasteiger partial charge in [-0.3, -0.25) is 0 Å². The number of rotatable bonds is 7. The molecule has 0 aromatic carbocycles. The molecule has 0 bridgehead atoms. The summed E-state index contributed by atoms with van der Waals surface area (Å²) in [5, 5.41) is 13.6. The first-order valence-electron chi connectivity index (χ1n) is 8.72. The molecule has 0 spiro atoms. The summed E-state index contributed by atoms with van der Waals surface area (Å²) in [6.07, 6.45) is 10.2. The van der Waals surface area contributed by atoms with Crippen LogP contribution in [-0.2, 0) is 4.74 Å². The van der Waals surface area contributed by atoms with Gasteiger partial charge in [-0.2, -0.15) is 0 Å². The Kier molecular flexibility index (Phi) is 6.79. The second-order valence-corrected chi connectivity index (χ2v) is 7.00. The van der Waals surface area contributed by atoms with Crippen LogP contribution < -0.4 is 5.32 Å². The largest absolute Gasteiger partial charge is 0.389 e. The number of hydrogen-bond donors (Lipinski definition) is 2. The highest BCUT2D eigenvalue weighted by Gasteiger charge is 2.25. The number of hydrogen-bond acceptors (Lipinski definition) is 3. The molecule has 2 N–H and O–H groups in total. The first-order chi connectivity index (χ1) is 9.69. The quantitative estimate of drug-likeness (QED) is 0.754. The number of ether oxygens (including phenoxy) is 1. The summed E-state index contributed by atoms with van der Waals surface area (Å²) >= 11 is 0. The molecular formula is C17H33NO2. The molecule has 5 atom stereocenters. The van der Waals surface area contributed by atoms with E-state index in [0.717, 1.165) is 5.92 Å². The van der Waals surface area contributed by atoms with Gasteiger partial charge in [0.2, 0.25) is 0 Å². The van der Waals surface area contributed by atoms with Crippen LogP contribution in [0, 0.1) is 11.8 Å². The molecule has 0 saturated heterocycles. The molecule has 3 nitrogen and oxygen atoms in total. The minimum Gasteiger partial charge on any atom is -0.389 e. The Hall–Kier alpha value is -0.120. The smallest absolute Gasteiger partial charge is 0.0897 e. The molecule has 2 rings (SSSR count). The fourth-order valence-corrected chi connectivity index (χ4v) is 3.85. The van der Waals surface area contributed by atoms with Crippen molar-refractivity contribution in [3.8, 4) is 0 Å². The summed E-state index contributed by atoms with van der Waals surface area (Å²) in [6, 6.07) is 0.609. The molecule has 2 fully saturated rings. The van der Waals surface area contributed by atoms with E-state index in [2.05, 4.69) is 19.2 Å². The van der Waals surface area contributed by atoms with Crippen LogP contribution in [0.25, 0.3) is 0 Å². The molecule has 0 heterocycles. The fraction of sp³-hybridized carbons (Fsp3) is 1.00. The van der Waals surface area contributed by atoms with Crippen molar-refractivity contribution >= 4 is 0 Å². The normalized spacial score (nSPS) is 36.1. The molecule has 5 unspecified atom stereocenters. The zero-order valence-electron chi connectivity index (χ0n) is 13.3. The highest BCUT2D eigenvalue weighted by atomic mass is 16.5. The Morgan fingerprint density at radius 3 is 2.70 bits per heavy atom. The number of aliphatic hydroxyl groups is 1. The van der Waals surface area contributed by atoms with Crippen LogP contribution in [-0.4, -0.2) is 36.5 Å². The van der Waals surface area contributed by atoms with Gasteiger partial charge >= 0.3 is 0 Å². The maximum atomic E-state index is 10.1. The van der Waals surface area contributed by atoms with E-state index < -0.39 is 0 Å². The minimum absolute atomic E-state index is 0.356. The summed E-state index contributed by atoms with van der Waals surface area (Å²) < 4.78 is 5.99. The third-order valence-corrected chi connectivity index (χ3v) is 5.20. The van der Waals surface area contributed by atoms with Crippen LogP contribution in [0.15, 0.2) is 0 Å². The van der Waals surface area contributed by atoms with Crippen molar-refractivity contribution < 1.29 is 9.84 Å². The van der Waals surface area contributed by atoms with E-state index in [1.807, 2.05) is 0 Å². The van der Waals surface area contributed by atoms with Gasteiger partial charge < -0.3 is 15.2 Å². The van der Waals surface area contributed by atoms with Crippen molar-refractivity contribution in [2.75, 3.05) is 13.2 Å². The van der Waals surface area contributed by atoms with Gasteiger partial charge in [-0.15, -0.1) is 0 Å². The third-order valence-electron chi connectivity index (χ3n) is 5.20. The number of aliphatic hydroxyl groups excluding tert-OH is 1. The average Bonchev–Trinajstić information content (AvgIpc) is 2.89. The fourth-order valence-electron chi connectivity index (χ4n) is 3.85. The van der Waals surface area contributed by atoms with Crippen molar-refractivity contribution in [1.82, 2.24) is 5.32 Å². The van der Waals surface area contributed by atoms with Crippen molar-refractivity contribution in [3.63, 3.8) is 0 Å². The van der Waals surface area contributed by atoms with Crippen LogP contribution in [0.5, 0.6) is 0 Å². The van der Waals surface area contributed by atoms with Crippen molar-refractivity contribution in [1.29, 1.82) is 0 Å². The highest BCUT2D eigenvalue weighted by molar-refractivity contribution is 4.80. The SMILES string of the molecule is CCC1CCCCC1OCC(O)CNC1CCC(C)C1. The molecule has 20 heavy (non-hydrogen) atoms. The molecule has 0 aromatic rings. The Bertz CT molecular complexity index is 272. The average molecular weight is 283 g/mol. The second kappa shape index (κ2) is 8.35. The third kappa shape index (κ3) is 5.01. The molecule has 118 valence electrons. The van der Waals surface area contributed by atoms with Crippen LogP contribution in [0.3, 0.4) is 0 Å². The van der Waals surface area contributed by atoms with E-state index >= 15 is 0 Å². The summed E-state index contributed by atoms with van der Waals surface area (Å²) in [5.74, 6) is 1.55. The molecule has 2 aliphatic carbocycles. The van der Waals surface area contributed by atoms with Gasteiger partial charge in [-0.1, -0.05) is 33.1 Å². The molecule has 3 heteroatoms. The zero-order valence-corrected chi connectivity index (χ0v) is 13.3. The van der Waals surface area contributed by atoms with E-state index in [4.69, 9.17) is 4.74 Å². The van der Waals surface area contributed by atoms with E-state index in [0.29, 0.717) is 31.2 Å². The van der Waals surface area contributed by atoms with E-state index in [-0.39, 0.29) is 6.10 Å². The van der Waals surface area contributed by atoms with Gasteiger partial charge in [0.15, 0.2) is 0 Å². The van der Waals surface area contributed by atoms with Crippen molar-refractivity contribution in [2.45, 2.75) is 83.5 Å².